The fraction of sp³-hybridized carbons (Fsp3) is 1.00. The van der Waals surface area contributed by atoms with Gasteiger partial charge in [0, 0.05) is 0 Å². The Hall–Kier alpha value is 0. The lowest BCUT2D eigenvalue weighted by Crippen LogP contribution is -3.09. The van der Waals surface area contributed by atoms with Gasteiger partial charge in [0.15, 0.2) is 0 Å². The molecule has 15 heavy (non-hydrogen) atoms. The van der Waals surface area contributed by atoms with Gasteiger partial charge >= 0.3 is 0 Å². The van der Waals surface area contributed by atoms with Crippen molar-refractivity contribution in [3.63, 3.8) is 0 Å². The average Bonchev–Trinajstić information content (AvgIpc) is 2.33. The van der Waals surface area contributed by atoms with Crippen LogP contribution in [0.4, 0.5) is 0 Å². The summed E-state index contributed by atoms with van der Waals surface area (Å²) in [5, 5.41) is 0. The second-order valence-electron chi connectivity index (χ2n) is 8.55. The minimum absolute atomic E-state index is 1.07. The van der Waals surface area contributed by atoms with Crippen LogP contribution in [0.2, 0.25) is 0 Å². The summed E-state index contributed by atoms with van der Waals surface area (Å²) < 4.78 is 0. The van der Waals surface area contributed by atoms with E-state index >= 15 is 0 Å². The van der Waals surface area contributed by atoms with Crippen molar-refractivity contribution >= 4 is 0 Å². The molecule has 0 N–H and O–H groups in total. The van der Waals surface area contributed by atoms with Gasteiger partial charge in [-0.1, -0.05) is 0 Å². The molecule has 0 radical (unpaired) electrons. The van der Waals surface area contributed by atoms with Crippen molar-refractivity contribution in [2.45, 2.75) is 25.7 Å². The highest BCUT2D eigenvalue weighted by molar-refractivity contribution is 5.60. The van der Waals surface area contributed by atoms with E-state index in [0.717, 1.165) is 16.2 Å². The second kappa shape index (κ2) is 1.12. The van der Waals surface area contributed by atoms with Crippen molar-refractivity contribution in [3.05, 3.63) is 0 Å². The molecule has 8 fully saturated rings. The van der Waals surface area contributed by atoms with Crippen LogP contribution in [-0.4, -0.2) is 0 Å². The second-order valence-corrected chi connectivity index (χ2v) is 8.55. The van der Waals surface area contributed by atoms with Gasteiger partial charge in [-0.15, -0.1) is 0 Å². The van der Waals surface area contributed by atoms with E-state index in [1.54, 1.807) is 25.7 Å². The van der Waals surface area contributed by atoms with Gasteiger partial charge < -0.3 is 0 Å². The Morgan fingerprint density at radius 3 is 2.40 bits per heavy atom. The van der Waals surface area contributed by atoms with E-state index in [2.05, 4.69) is 0 Å². The van der Waals surface area contributed by atoms with Gasteiger partial charge in [0.1, 0.15) is 0 Å². The smallest absolute Gasteiger partial charge is 0.0105 e. The Kier molecular flexibility index (Phi) is 0.453. The molecule has 0 aromatic rings. The Morgan fingerprint density at radius 2 is 1.47 bits per heavy atom. The first-order chi connectivity index (χ1) is 7.41. The third-order valence-electron chi connectivity index (χ3n) is 10.2. The summed E-state index contributed by atoms with van der Waals surface area (Å²) >= 11 is 0. The fourth-order valence-corrected chi connectivity index (χ4v) is 11.1. The molecule has 11 unspecified atom stereocenters. The summed E-state index contributed by atoms with van der Waals surface area (Å²) in [7, 11) is 0. The molecule has 8 aliphatic rings. The summed E-state index contributed by atoms with van der Waals surface area (Å²) in [5.74, 6) is 10.4. The van der Waals surface area contributed by atoms with Gasteiger partial charge in [0.25, 0.3) is 0 Å². The van der Waals surface area contributed by atoms with Crippen molar-refractivity contribution in [2.75, 3.05) is 0 Å². The minimum Gasteiger partial charge on any atom is -0.0464 e. The van der Waals surface area contributed by atoms with Crippen LogP contribution in [-0.2, 0) is 0 Å². The molecule has 0 aromatic heterocycles. The Bertz CT molecular complexity index is 500. The van der Waals surface area contributed by atoms with Gasteiger partial charge in [-0.25, -0.2) is 0 Å². The van der Waals surface area contributed by atoms with Crippen molar-refractivity contribution in [1.82, 2.24) is 0 Å². The first-order valence-electron chi connectivity index (χ1n) is 7.41. The van der Waals surface area contributed by atoms with E-state index in [1.807, 2.05) is 0 Å². The summed E-state index contributed by atoms with van der Waals surface area (Å²) in [6, 6.07) is 0. The van der Waals surface area contributed by atoms with Crippen molar-refractivity contribution in [2.24, 2.45) is 63.6 Å². The zero-order chi connectivity index (χ0) is 8.95. The summed E-state index contributed by atoms with van der Waals surface area (Å²) in [6.07, 6.45) is 6.81. The Morgan fingerprint density at radius 1 is 0.667 bits per heavy atom. The number of hydrogen-bond donors (Lipinski definition) is 0. The zero-order valence-corrected chi connectivity index (χ0v) is 8.95. The molecule has 0 bridgehead atoms. The third-order valence-corrected chi connectivity index (χ3v) is 10.2. The van der Waals surface area contributed by atoms with Crippen molar-refractivity contribution in [1.29, 1.82) is 0 Å². The van der Waals surface area contributed by atoms with Crippen LogP contribution < -0.4 is 0 Å². The molecule has 0 aromatic carbocycles. The van der Waals surface area contributed by atoms with E-state index < -0.39 is 0 Å². The van der Waals surface area contributed by atoms with E-state index in [0.29, 0.717) is 0 Å². The molecule has 3 spiro atoms. The predicted octanol–water partition coefficient (Wildman–Crippen LogP) is 2.54. The monoisotopic (exact) mass is 196 g/mol. The first kappa shape index (κ1) is 6.07. The SMILES string of the molecule is C1C2C3CC4C5CC6C7CC1C71C2C34C651. The van der Waals surface area contributed by atoms with Crippen LogP contribution in [0.25, 0.3) is 0 Å². The maximum atomic E-state index is 1.71. The topological polar surface area (TPSA) is 0 Å². The van der Waals surface area contributed by atoms with Crippen LogP contribution in [0, 0.1) is 63.6 Å². The highest BCUT2D eigenvalue weighted by Gasteiger charge is 3.13. The Balaban J connectivity index is 1.58. The first-order valence-corrected chi connectivity index (χ1v) is 7.41. The van der Waals surface area contributed by atoms with Crippen LogP contribution in [0.15, 0.2) is 0 Å². The number of fused-ring (bicyclic) bond motifs is 3. The molecule has 0 aliphatic heterocycles. The maximum absolute atomic E-state index is 1.71. The zero-order valence-electron chi connectivity index (χ0n) is 8.95. The molecular formula is C15H16. The molecule has 76 valence electrons. The lowest BCUT2D eigenvalue weighted by atomic mass is 8.91. The highest BCUT2D eigenvalue weighted by Crippen LogP contribution is 3.17. The Labute approximate surface area is 89.8 Å². The van der Waals surface area contributed by atoms with Gasteiger partial charge in [-0.3, -0.25) is 0 Å². The van der Waals surface area contributed by atoms with E-state index in [4.69, 9.17) is 0 Å². The van der Waals surface area contributed by atoms with E-state index in [9.17, 15) is 0 Å². The third kappa shape index (κ3) is 0.210. The predicted molar refractivity (Wildman–Crippen MR) is 53.7 cm³/mol. The fourth-order valence-electron chi connectivity index (χ4n) is 11.1. The van der Waals surface area contributed by atoms with Crippen molar-refractivity contribution in [3.8, 4) is 0 Å². The minimum atomic E-state index is 1.07. The highest BCUT2D eigenvalue weighted by atomic mass is 15.2. The summed E-state index contributed by atoms with van der Waals surface area (Å²) in [5.41, 5.74) is 3.23. The summed E-state index contributed by atoms with van der Waals surface area (Å²) in [6.45, 7) is 0. The normalized spacial score (nSPS) is 102. The van der Waals surface area contributed by atoms with Crippen LogP contribution in [0.1, 0.15) is 25.7 Å². The number of rotatable bonds is 0. The molecule has 8 rings (SSSR count). The molecule has 0 heterocycles. The van der Waals surface area contributed by atoms with Crippen LogP contribution in [0.3, 0.4) is 0 Å². The van der Waals surface area contributed by atoms with Crippen LogP contribution >= 0.6 is 0 Å². The molecule has 0 amide bonds. The molecule has 0 saturated heterocycles. The molecule has 11 atom stereocenters. The lowest BCUT2D eigenvalue weighted by molar-refractivity contribution is -0.665. The van der Waals surface area contributed by atoms with Crippen molar-refractivity contribution < 1.29 is 0 Å². The van der Waals surface area contributed by atoms with Crippen LogP contribution in [0.5, 0.6) is 0 Å². The lowest BCUT2D eigenvalue weighted by Gasteiger charge is -3.13. The van der Waals surface area contributed by atoms with Gasteiger partial charge in [0.2, 0.25) is 0 Å². The molecule has 8 saturated carbocycles. The van der Waals surface area contributed by atoms with E-state index in [-0.39, 0.29) is 0 Å². The quantitative estimate of drug-likeness (QED) is 0.558. The van der Waals surface area contributed by atoms with E-state index in [1.165, 1.54) is 47.3 Å². The van der Waals surface area contributed by atoms with Gasteiger partial charge in [-0.05, 0) is 89.3 Å². The largest absolute Gasteiger partial charge is 0.0464 e. The van der Waals surface area contributed by atoms with Gasteiger partial charge in [-0.2, -0.15) is 0 Å². The maximum Gasteiger partial charge on any atom is -0.0105 e. The molecule has 0 heteroatoms. The summed E-state index contributed by atoms with van der Waals surface area (Å²) in [4.78, 5) is 0. The molecule has 0 nitrogen and oxygen atoms in total. The molecule has 8 aliphatic carbocycles. The standard InChI is InChI=1S/C15H16/c1-5-2-8-10-4-11-9-3-7-6(1)12-13(5,8)15(10,11)14(7,9)12/h5-12H,1-4H2. The molecular weight excluding hydrogens is 180 g/mol. The van der Waals surface area contributed by atoms with Gasteiger partial charge in [0.05, 0.1) is 0 Å². The average molecular weight is 196 g/mol. The number of hydrogen-bond acceptors (Lipinski definition) is 0.